The number of anilines is 2. The third kappa shape index (κ3) is 5.65. The highest BCUT2D eigenvalue weighted by molar-refractivity contribution is 9.10. The highest BCUT2D eigenvalue weighted by Crippen LogP contribution is 2.54. The zero-order chi connectivity index (χ0) is 30.0. The van der Waals surface area contributed by atoms with E-state index in [1.54, 1.807) is 24.3 Å². The Kier molecular flexibility index (Phi) is 8.59. The van der Waals surface area contributed by atoms with Crippen LogP contribution in [0.25, 0.3) is 0 Å². The van der Waals surface area contributed by atoms with Gasteiger partial charge in [0.25, 0.3) is 11.8 Å². The number of halogens is 9. The minimum Gasteiger partial charge on any atom is -0.321 e. The van der Waals surface area contributed by atoms with Gasteiger partial charge in [-0.2, -0.15) is 31.6 Å². The molecule has 210 valence electrons. The molecule has 40 heavy (non-hydrogen) atoms. The molecule has 0 aliphatic rings. The lowest BCUT2D eigenvalue weighted by molar-refractivity contribution is -0.348. The first kappa shape index (κ1) is 30.6. The van der Waals surface area contributed by atoms with Gasteiger partial charge in [-0.15, -0.1) is 0 Å². The van der Waals surface area contributed by atoms with E-state index in [0.717, 1.165) is 24.0 Å². The summed E-state index contributed by atoms with van der Waals surface area (Å²) in [5.74, 6) is -3.18. The second-order valence-electron chi connectivity index (χ2n) is 8.31. The number of amides is 2. The molecule has 3 aromatic rings. The van der Waals surface area contributed by atoms with Crippen molar-refractivity contribution in [3.05, 3.63) is 93.2 Å². The zero-order valence-corrected chi connectivity index (χ0v) is 21.7. The smallest absolute Gasteiger partial charge is 0.321 e. The number of hydrogen-bond acceptors (Lipinski definition) is 3. The standard InChI is InChI=1S/C26H16BrF8N3O2/c1-14-12-16(24(29,25(30,31)32)26(33,34)35)13-18(27)21(14)37-22(39)17-8-5-9-19(20(17)28)38(11-10-36)23(40)15-6-3-2-4-7-15/h2-9,12-13H,11H2,1H3,(H,37,39). The molecule has 0 saturated carbocycles. The van der Waals surface area contributed by atoms with Gasteiger partial charge >= 0.3 is 18.0 Å². The van der Waals surface area contributed by atoms with Crippen LogP contribution >= 0.6 is 15.9 Å². The first-order valence-electron chi connectivity index (χ1n) is 11.0. The molecule has 0 spiro atoms. The van der Waals surface area contributed by atoms with E-state index >= 15 is 4.39 Å². The normalized spacial score (nSPS) is 12.0. The SMILES string of the molecule is Cc1cc(C(F)(C(F)(F)F)C(F)(F)F)cc(Br)c1NC(=O)c1cccc(N(CC#N)C(=O)c2ccccc2)c1F. The third-order valence-electron chi connectivity index (χ3n) is 5.71. The van der Waals surface area contributed by atoms with Gasteiger partial charge in [-0.25, -0.2) is 8.78 Å². The molecule has 0 saturated heterocycles. The topological polar surface area (TPSA) is 73.2 Å². The average molecular weight is 634 g/mol. The van der Waals surface area contributed by atoms with E-state index in [4.69, 9.17) is 0 Å². The quantitative estimate of drug-likeness (QED) is 0.224. The lowest BCUT2D eigenvalue weighted by Gasteiger charge is -2.31. The second-order valence-corrected chi connectivity index (χ2v) is 9.17. The van der Waals surface area contributed by atoms with E-state index in [2.05, 4.69) is 21.2 Å². The first-order valence-corrected chi connectivity index (χ1v) is 11.8. The maximum absolute atomic E-state index is 15.5. The fourth-order valence-corrected chi connectivity index (χ4v) is 4.41. The van der Waals surface area contributed by atoms with Crippen LogP contribution < -0.4 is 10.2 Å². The lowest BCUT2D eigenvalue weighted by atomic mass is 9.92. The van der Waals surface area contributed by atoms with Crippen LogP contribution in [0.1, 0.15) is 31.8 Å². The molecule has 0 aliphatic carbocycles. The Hall–Kier alpha value is -3.99. The van der Waals surface area contributed by atoms with Gasteiger partial charge in [-0.3, -0.25) is 14.5 Å². The van der Waals surface area contributed by atoms with Gasteiger partial charge in [-0.05, 0) is 58.7 Å². The summed E-state index contributed by atoms with van der Waals surface area (Å²) in [4.78, 5) is 26.6. The summed E-state index contributed by atoms with van der Waals surface area (Å²) in [6, 6.07) is 13.1. The highest BCUT2D eigenvalue weighted by Gasteiger charge is 2.73. The summed E-state index contributed by atoms with van der Waals surface area (Å²) in [5.41, 5.74) is -9.24. The number of carbonyl (C=O) groups is 2. The Labute approximate surface area is 230 Å². The summed E-state index contributed by atoms with van der Waals surface area (Å²) in [6.45, 7) is 0.419. The molecule has 0 aliphatic heterocycles. The predicted octanol–water partition coefficient (Wildman–Crippen LogP) is 7.61. The van der Waals surface area contributed by atoms with Crippen LogP contribution in [0.15, 0.2) is 65.1 Å². The average Bonchev–Trinajstić information content (AvgIpc) is 2.87. The Morgan fingerprint density at radius 3 is 2.08 bits per heavy atom. The van der Waals surface area contributed by atoms with Crippen LogP contribution in [0.5, 0.6) is 0 Å². The van der Waals surface area contributed by atoms with E-state index in [0.29, 0.717) is 0 Å². The van der Waals surface area contributed by atoms with E-state index in [1.807, 2.05) is 0 Å². The molecule has 5 nitrogen and oxygen atoms in total. The highest BCUT2D eigenvalue weighted by atomic mass is 79.9. The Morgan fingerprint density at radius 1 is 0.950 bits per heavy atom. The van der Waals surface area contributed by atoms with Gasteiger partial charge in [0.2, 0.25) is 0 Å². The van der Waals surface area contributed by atoms with E-state index in [1.165, 1.54) is 18.2 Å². The second kappa shape index (κ2) is 11.2. The predicted molar refractivity (Wildman–Crippen MR) is 132 cm³/mol. The van der Waals surface area contributed by atoms with Crippen molar-refractivity contribution in [2.45, 2.75) is 24.9 Å². The maximum Gasteiger partial charge on any atom is 0.435 e. The molecule has 0 bridgehead atoms. The molecule has 0 fully saturated rings. The minimum absolute atomic E-state index is 0.119. The van der Waals surface area contributed by atoms with Gasteiger partial charge in [0, 0.05) is 15.6 Å². The number of aryl methyl sites for hydroxylation is 1. The monoisotopic (exact) mass is 633 g/mol. The Bertz CT molecular complexity index is 1450. The van der Waals surface area contributed by atoms with Crippen LogP contribution in [0.3, 0.4) is 0 Å². The van der Waals surface area contributed by atoms with Crippen LogP contribution in [-0.2, 0) is 5.67 Å². The third-order valence-corrected chi connectivity index (χ3v) is 6.34. The van der Waals surface area contributed by atoms with Crippen LogP contribution in [0.2, 0.25) is 0 Å². The van der Waals surface area contributed by atoms with Crippen molar-refractivity contribution in [2.75, 3.05) is 16.8 Å². The van der Waals surface area contributed by atoms with Gasteiger partial charge in [0.05, 0.1) is 23.0 Å². The molecule has 0 aromatic heterocycles. The zero-order valence-electron chi connectivity index (χ0n) is 20.1. The molecule has 2 amide bonds. The molecule has 14 heteroatoms. The molecule has 3 aromatic carbocycles. The molecule has 3 rings (SSSR count). The van der Waals surface area contributed by atoms with Crippen LogP contribution in [-0.4, -0.2) is 30.7 Å². The van der Waals surface area contributed by atoms with Crippen molar-refractivity contribution < 1.29 is 44.7 Å². The van der Waals surface area contributed by atoms with E-state index < -0.39 is 69.0 Å². The number of nitrogens with one attached hydrogen (secondary N) is 1. The Balaban J connectivity index is 2.00. The summed E-state index contributed by atoms with van der Waals surface area (Å²) >= 11 is 2.75. The summed E-state index contributed by atoms with van der Waals surface area (Å²) in [6.07, 6.45) is -12.7. The number of alkyl halides is 7. The number of rotatable bonds is 6. The number of nitrogens with zero attached hydrogens (tertiary/aromatic N) is 2. The molecule has 0 radical (unpaired) electrons. The largest absolute Gasteiger partial charge is 0.435 e. The number of benzene rings is 3. The summed E-state index contributed by atoms with van der Waals surface area (Å²) < 4.78 is 109. The molecule has 0 atom stereocenters. The molecular weight excluding hydrogens is 618 g/mol. The first-order chi connectivity index (χ1) is 18.5. The molecule has 0 unspecified atom stereocenters. The lowest BCUT2D eigenvalue weighted by Crippen LogP contribution is -2.50. The van der Waals surface area contributed by atoms with E-state index in [-0.39, 0.29) is 23.4 Å². The van der Waals surface area contributed by atoms with Crippen molar-refractivity contribution in [1.82, 2.24) is 0 Å². The molecule has 0 heterocycles. The van der Waals surface area contributed by atoms with Gasteiger partial charge in [0.15, 0.2) is 5.82 Å². The minimum atomic E-state index is -6.35. The summed E-state index contributed by atoms with van der Waals surface area (Å²) in [7, 11) is 0. The van der Waals surface area contributed by atoms with Crippen molar-refractivity contribution in [3.63, 3.8) is 0 Å². The van der Waals surface area contributed by atoms with Crippen molar-refractivity contribution in [2.24, 2.45) is 0 Å². The maximum atomic E-state index is 15.5. The fourth-order valence-electron chi connectivity index (χ4n) is 3.75. The number of carbonyl (C=O) groups excluding carboxylic acids is 2. The Morgan fingerprint density at radius 2 is 1.55 bits per heavy atom. The molecular formula is C26H16BrF8N3O2. The van der Waals surface area contributed by atoms with Crippen molar-refractivity contribution >= 4 is 39.1 Å². The fraction of sp³-hybridized carbons (Fsp3) is 0.192. The number of hydrogen-bond donors (Lipinski definition) is 1. The van der Waals surface area contributed by atoms with Gasteiger partial charge in [0.1, 0.15) is 6.54 Å². The summed E-state index contributed by atoms with van der Waals surface area (Å²) in [5, 5.41) is 11.4. The van der Waals surface area contributed by atoms with Crippen molar-refractivity contribution in [1.29, 1.82) is 5.26 Å². The van der Waals surface area contributed by atoms with Gasteiger partial charge in [-0.1, -0.05) is 30.3 Å². The van der Waals surface area contributed by atoms with Crippen LogP contribution in [0, 0.1) is 24.1 Å². The van der Waals surface area contributed by atoms with E-state index in [9.17, 15) is 45.6 Å². The van der Waals surface area contributed by atoms with Gasteiger partial charge < -0.3 is 5.32 Å². The molecule has 1 N–H and O–H groups in total. The number of nitriles is 1. The van der Waals surface area contributed by atoms with Crippen LogP contribution in [0.4, 0.5) is 46.5 Å². The van der Waals surface area contributed by atoms with Crippen molar-refractivity contribution in [3.8, 4) is 6.07 Å².